The van der Waals surface area contributed by atoms with E-state index >= 15 is 0 Å². The third-order valence-electron chi connectivity index (χ3n) is 6.39. The van der Waals surface area contributed by atoms with Gasteiger partial charge in [-0.1, -0.05) is 36.4 Å². The molecule has 2 aromatic heterocycles. The second-order valence-corrected chi connectivity index (χ2v) is 7.86. The summed E-state index contributed by atoms with van der Waals surface area (Å²) in [7, 11) is 0. The molecule has 3 aliphatic rings. The fourth-order valence-electron chi connectivity index (χ4n) is 5.24. The zero-order valence-electron chi connectivity index (χ0n) is 15.3. The summed E-state index contributed by atoms with van der Waals surface area (Å²) < 4.78 is 0. The van der Waals surface area contributed by atoms with Crippen molar-refractivity contribution in [3.63, 3.8) is 0 Å². The zero-order chi connectivity index (χ0) is 18.2. The lowest BCUT2D eigenvalue weighted by molar-refractivity contribution is 0.930. The molecule has 7 rings (SSSR count). The van der Waals surface area contributed by atoms with E-state index in [4.69, 9.17) is 9.97 Å². The number of aromatic nitrogens is 2. The second-order valence-electron chi connectivity index (χ2n) is 7.86. The van der Waals surface area contributed by atoms with Crippen LogP contribution in [0.4, 0.5) is 17.1 Å². The van der Waals surface area contributed by atoms with Gasteiger partial charge in [0.1, 0.15) is 0 Å². The van der Waals surface area contributed by atoms with E-state index in [1.165, 1.54) is 56.1 Å². The summed E-state index contributed by atoms with van der Waals surface area (Å²) >= 11 is 0. The van der Waals surface area contributed by atoms with Gasteiger partial charge in [0.25, 0.3) is 0 Å². The van der Waals surface area contributed by atoms with Crippen molar-refractivity contribution in [2.75, 3.05) is 4.90 Å². The molecule has 2 aliphatic heterocycles. The highest BCUT2D eigenvalue weighted by Crippen LogP contribution is 2.53. The molecule has 0 spiro atoms. The first-order valence-corrected chi connectivity index (χ1v) is 9.82. The maximum atomic E-state index is 4.75. The highest BCUT2D eigenvalue weighted by atomic mass is 15.2. The number of nitrogens with zero attached hydrogens (tertiary/aromatic N) is 3. The molecule has 0 saturated heterocycles. The van der Waals surface area contributed by atoms with Crippen LogP contribution in [0, 0.1) is 0 Å². The van der Waals surface area contributed by atoms with Crippen molar-refractivity contribution in [1.29, 1.82) is 0 Å². The van der Waals surface area contributed by atoms with Gasteiger partial charge in [0.15, 0.2) is 0 Å². The number of hydrogen-bond donors (Lipinski definition) is 0. The minimum atomic E-state index is 0.877. The van der Waals surface area contributed by atoms with Crippen LogP contribution in [0.15, 0.2) is 67.0 Å². The van der Waals surface area contributed by atoms with E-state index in [1.54, 1.807) is 0 Å². The van der Waals surface area contributed by atoms with Gasteiger partial charge in [0.05, 0.1) is 28.5 Å². The molecule has 0 N–H and O–H groups in total. The van der Waals surface area contributed by atoms with Gasteiger partial charge >= 0.3 is 0 Å². The molecule has 0 saturated carbocycles. The first-order valence-electron chi connectivity index (χ1n) is 9.82. The van der Waals surface area contributed by atoms with Crippen molar-refractivity contribution in [1.82, 2.24) is 9.97 Å². The summed E-state index contributed by atoms with van der Waals surface area (Å²) in [6.45, 7) is 0. The molecule has 0 atom stereocenters. The van der Waals surface area contributed by atoms with Crippen LogP contribution in [-0.2, 0) is 19.3 Å². The molecule has 0 radical (unpaired) electrons. The van der Waals surface area contributed by atoms with Crippen molar-refractivity contribution in [2.24, 2.45) is 0 Å². The summed E-state index contributed by atoms with van der Waals surface area (Å²) in [5.41, 5.74) is 14.5. The smallest absolute Gasteiger partial charge is 0.0717 e. The summed E-state index contributed by atoms with van der Waals surface area (Å²) in [5, 5.41) is 0. The molecule has 28 heavy (non-hydrogen) atoms. The Morgan fingerprint density at radius 3 is 2.46 bits per heavy atom. The predicted octanol–water partition coefficient (Wildman–Crippen LogP) is 5.33. The van der Waals surface area contributed by atoms with Crippen LogP contribution >= 0.6 is 0 Å². The van der Waals surface area contributed by atoms with Crippen molar-refractivity contribution in [3.8, 4) is 11.1 Å². The summed E-state index contributed by atoms with van der Waals surface area (Å²) in [5.74, 6) is 0. The van der Waals surface area contributed by atoms with E-state index in [1.807, 2.05) is 18.5 Å². The van der Waals surface area contributed by atoms with Gasteiger partial charge in [-0.05, 0) is 51.6 Å². The molecule has 1 aliphatic carbocycles. The van der Waals surface area contributed by atoms with Crippen molar-refractivity contribution < 1.29 is 0 Å². The zero-order valence-corrected chi connectivity index (χ0v) is 15.3. The first-order chi connectivity index (χ1) is 13.9. The summed E-state index contributed by atoms with van der Waals surface area (Å²) in [6, 6.07) is 19.8. The Balaban J connectivity index is 1.56. The van der Waals surface area contributed by atoms with Crippen LogP contribution in [0.1, 0.15) is 33.6 Å². The van der Waals surface area contributed by atoms with E-state index in [9.17, 15) is 0 Å². The van der Waals surface area contributed by atoms with Crippen molar-refractivity contribution in [3.05, 3.63) is 101 Å². The van der Waals surface area contributed by atoms with Gasteiger partial charge in [0.2, 0.25) is 0 Å². The number of pyridine rings is 2. The number of hydrogen-bond acceptors (Lipinski definition) is 3. The van der Waals surface area contributed by atoms with Gasteiger partial charge in [-0.15, -0.1) is 0 Å². The Morgan fingerprint density at radius 1 is 0.607 bits per heavy atom. The molecule has 0 fully saturated rings. The Labute approximate surface area is 163 Å². The molecular weight excluding hydrogens is 342 g/mol. The minimum Gasteiger partial charge on any atom is -0.306 e. The number of anilines is 3. The highest BCUT2D eigenvalue weighted by Gasteiger charge is 2.36. The molecule has 3 nitrogen and oxygen atoms in total. The molecule has 0 unspecified atom stereocenters. The fraction of sp³-hybridized carbons (Fsp3) is 0.120. The van der Waals surface area contributed by atoms with Crippen molar-refractivity contribution in [2.45, 2.75) is 19.3 Å². The first kappa shape index (κ1) is 14.6. The monoisotopic (exact) mass is 359 g/mol. The Kier molecular flexibility index (Phi) is 2.64. The normalized spacial score (nSPS) is 14.6. The predicted molar refractivity (Wildman–Crippen MR) is 111 cm³/mol. The van der Waals surface area contributed by atoms with Gasteiger partial charge in [0, 0.05) is 31.7 Å². The Morgan fingerprint density at radius 2 is 1.46 bits per heavy atom. The van der Waals surface area contributed by atoms with Crippen LogP contribution in [0.25, 0.3) is 11.1 Å². The highest BCUT2D eigenvalue weighted by molar-refractivity contribution is 5.94. The topological polar surface area (TPSA) is 29.0 Å². The van der Waals surface area contributed by atoms with Crippen LogP contribution in [0.5, 0.6) is 0 Å². The van der Waals surface area contributed by atoms with Gasteiger partial charge < -0.3 is 4.90 Å². The third kappa shape index (κ3) is 1.74. The molecule has 0 amide bonds. The van der Waals surface area contributed by atoms with E-state index < -0.39 is 0 Å². The Bertz CT molecular complexity index is 1290. The molecule has 2 aromatic carbocycles. The van der Waals surface area contributed by atoms with E-state index in [0.717, 1.165) is 25.0 Å². The number of benzene rings is 2. The fourth-order valence-corrected chi connectivity index (χ4v) is 5.24. The molecule has 4 heterocycles. The average molecular weight is 359 g/mol. The Hall–Kier alpha value is -3.46. The van der Waals surface area contributed by atoms with Crippen molar-refractivity contribution >= 4 is 17.1 Å². The molecule has 4 aromatic rings. The minimum absolute atomic E-state index is 0.877. The number of fused-ring (bicyclic) bond motifs is 8. The van der Waals surface area contributed by atoms with Gasteiger partial charge in [-0.25, -0.2) is 0 Å². The van der Waals surface area contributed by atoms with Gasteiger partial charge in [-0.2, -0.15) is 0 Å². The number of rotatable bonds is 0. The lowest BCUT2D eigenvalue weighted by atomic mass is 9.88. The molecular formula is C25H17N3. The largest absolute Gasteiger partial charge is 0.306 e. The van der Waals surface area contributed by atoms with Crippen LogP contribution in [-0.4, -0.2) is 9.97 Å². The maximum Gasteiger partial charge on any atom is 0.0717 e. The molecule has 3 heteroatoms. The van der Waals surface area contributed by atoms with E-state index in [2.05, 4.69) is 53.4 Å². The lowest BCUT2D eigenvalue weighted by Crippen LogP contribution is -2.27. The average Bonchev–Trinajstić information content (AvgIpc) is 3.12. The van der Waals surface area contributed by atoms with E-state index in [-0.39, 0.29) is 0 Å². The molecule has 132 valence electrons. The van der Waals surface area contributed by atoms with Gasteiger partial charge in [-0.3, -0.25) is 9.97 Å². The standard InChI is InChI=1S/C25H17N3/c1-2-5-18-15(4-1)12-20-19(18)8-7-16-14-22-25-17(9-11-27-22)13-21-23(6-3-10-26-21)28(25)24(16)20/h1-11H,12-14H2. The maximum absolute atomic E-state index is 4.75. The lowest BCUT2D eigenvalue weighted by Gasteiger charge is -2.39. The second kappa shape index (κ2) is 5.08. The quantitative estimate of drug-likeness (QED) is 0.367. The molecule has 0 bridgehead atoms. The van der Waals surface area contributed by atoms with Crippen LogP contribution in [0.3, 0.4) is 0 Å². The summed E-state index contributed by atoms with van der Waals surface area (Å²) in [4.78, 5) is 11.9. The SMILES string of the molecule is c1ccc2c(c1)Cc1c-2ccc2c1N1c3cccnc3Cc3ccnc(c31)C2. The van der Waals surface area contributed by atoms with E-state index in [0.29, 0.717) is 0 Å². The third-order valence-corrected chi connectivity index (χ3v) is 6.39. The summed E-state index contributed by atoms with van der Waals surface area (Å²) in [6.07, 6.45) is 6.62. The van der Waals surface area contributed by atoms with Crippen LogP contribution in [0.2, 0.25) is 0 Å². The van der Waals surface area contributed by atoms with Crippen LogP contribution < -0.4 is 4.90 Å².